The molecule has 0 aliphatic carbocycles. The molecule has 0 rings (SSSR count). The molecule has 0 aliphatic rings. The fraction of sp³-hybridized carbons (Fsp3) is 0.933. The third-order valence-electron chi connectivity index (χ3n) is 2.69. The number of carbonyl (C=O) groups excluding carboxylic acids is 1. The van der Waals surface area contributed by atoms with Gasteiger partial charge in [-0.05, 0) is 23.7 Å². The van der Waals surface area contributed by atoms with Crippen molar-refractivity contribution in [3.63, 3.8) is 0 Å². The summed E-state index contributed by atoms with van der Waals surface area (Å²) in [6.45, 7) is 17.3. The minimum atomic E-state index is 0.162. The second kappa shape index (κ2) is 5.33. The fourth-order valence-corrected chi connectivity index (χ4v) is 2.22. The van der Waals surface area contributed by atoms with E-state index in [1.807, 2.05) is 13.8 Å². The van der Waals surface area contributed by atoms with E-state index < -0.39 is 0 Å². The zero-order valence-corrected chi connectivity index (χ0v) is 12.5. The van der Waals surface area contributed by atoms with Crippen LogP contribution in [0.5, 0.6) is 0 Å². The van der Waals surface area contributed by atoms with Crippen LogP contribution in [0.1, 0.15) is 68.2 Å². The van der Waals surface area contributed by atoms with E-state index in [1.165, 1.54) is 0 Å². The quantitative estimate of drug-likeness (QED) is 0.679. The summed E-state index contributed by atoms with van der Waals surface area (Å²) in [5, 5.41) is 0. The normalized spacial score (nSPS) is 13.6. The molecule has 0 atom stereocenters. The molecule has 0 aromatic heterocycles. The SMILES string of the molecule is CC(C)C(=O)C(CC(C)(C)C)CC(C)(C)C. The summed E-state index contributed by atoms with van der Waals surface area (Å²) in [4.78, 5) is 12.2. The summed E-state index contributed by atoms with van der Waals surface area (Å²) in [5.41, 5.74) is 0.473. The number of ketones is 1. The highest BCUT2D eigenvalue weighted by molar-refractivity contribution is 5.82. The Morgan fingerprint density at radius 3 is 1.38 bits per heavy atom. The Kier molecular flexibility index (Phi) is 5.22. The van der Waals surface area contributed by atoms with Gasteiger partial charge in [0.05, 0.1) is 0 Å². The molecular formula is C15H30O. The summed E-state index contributed by atoms with van der Waals surface area (Å²) >= 11 is 0. The predicted octanol–water partition coefficient (Wildman–Crippen LogP) is 4.70. The molecular weight excluding hydrogens is 196 g/mol. The van der Waals surface area contributed by atoms with Gasteiger partial charge in [-0.3, -0.25) is 4.79 Å². The Labute approximate surface area is 102 Å². The standard InChI is InChI=1S/C15H30O/c1-11(2)13(16)12(9-14(3,4)5)10-15(6,7)8/h11-12H,9-10H2,1-8H3. The van der Waals surface area contributed by atoms with Gasteiger partial charge in [0.2, 0.25) is 0 Å². The Balaban J connectivity index is 4.71. The first-order chi connectivity index (χ1) is 6.92. The van der Waals surface area contributed by atoms with Crippen molar-refractivity contribution in [1.82, 2.24) is 0 Å². The molecule has 1 nitrogen and oxygen atoms in total. The third-order valence-corrected chi connectivity index (χ3v) is 2.69. The molecule has 0 saturated carbocycles. The molecule has 0 heterocycles. The van der Waals surface area contributed by atoms with Gasteiger partial charge in [-0.2, -0.15) is 0 Å². The van der Waals surface area contributed by atoms with Gasteiger partial charge in [-0.15, -0.1) is 0 Å². The lowest BCUT2D eigenvalue weighted by molar-refractivity contribution is -0.127. The number of hydrogen-bond donors (Lipinski definition) is 0. The molecule has 1 heteroatoms. The van der Waals surface area contributed by atoms with E-state index in [9.17, 15) is 4.79 Å². The molecule has 0 fully saturated rings. The maximum atomic E-state index is 12.2. The highest BCUT2D eigenvalue weighted by Crippen LogP contribution is 2.34. The zero-order valence-electron chi connectivity index (χ0n) is 12.5. The molecule has 0 aromatic carbocycles. The van der Waals surface area contributed by atoms with Crippen molar-refractivity contribution in [2.45, 2.75) is 68.2 Å². The van der Waals surface area contributed by atoms with E-state index in [1.54, 1.807) is 0 Å². The van der Waals surface area contributed by atoms with Crippen LogP contribution in [-0.4, -0.2) is 5.78 Å². The molecule has 0 saturated heterocycles. The second-order valence-electron chi connectivity index (χ2n) is 7.78. The first-order valence-electron chi connectivity index (χ1n) is 6.46. The van der Waals surface area contributed by atoms with Crippen molar-refractivity contribution >= 4 is 5.78 Å². The highest BCUT2D eigenvalue weighted by Gasteiger charge is 2.29. The van der Waals surface area contributed by atoms with E-state index >= 15 is 0 Å². The summed E-state index contributed by atoms with van der Waals surface area (Å²) in [5.74, 6) is 0.819. The maximum Gasteiger partial charge on any atom is 0.138 e. The van der Waals surface area contributed by atoms with Crippen LogP contribution in [-0.2, 0) is 4.79 Å². The molecule has 0 radical (unpaired) electrons. The molecule has 0 unspecified atom stereocenters. The van der Waals surface area contributed by atoms with Gasteiger partial charge in [0, 0.05) is 11.8 Å². The largest absolute Gasteiger partial charge is 0.299 e. The van der Waals surface area contributed by atoms with Gasteiger partial charge in [0.15, 0.2) is 0 Å². The molecule has 0 aromatic rings. The minimum Gasteiger partial charge on any atom is -0.299 e. The first-order valence-corrected chi connectivity index (χ1v) is 6.46. The van der Waals surface area contributed by atoms with E-state index in [2.05, 4.69) is 41.5 Å². The Morgan fingerprint density at radius 2 is 1.19 bits per heavy atom. The van der Waals surface area contributed by atoms with Gasteiger partial charge in [-0.25, -0.2) is 0 Å². The van der Waals surface area contributed by atoms with Crippen molar-refractivity contribution in [1.29, 1.82) is 0 Å². The summed E-state index contributed by atoms with van der Waals surface area (Å²) < 4.78 is 0. The average Bonchev–Trinajstić information content (AvgIpc) is 1.95. The van der Waals surface area contributed by atoms with Crippen LogP contribution in [0.2, 0.25) is 0 Å². The van der Waals surface area contributed by atoms with Gasteiger partial charge in [0.25, 0.3) is 0 Å². The van der Waals surface area contributed by atoms with Crippen LogP contribution in [0.4, 0.5) is 0 Å². The van der Waals surface area contributed by atoms with Crippen LogP contribution in [0, 0.1) is 22.7 Å². The molecule has 0 aliphatic heterocycles. The van der Waals surface area contributed by atoms with Gasteiger partial charge >= 0.3 is 0 Å². The number of hydrogen-bond acceptors (Lipinski definition) is 1. The molecule has 0 spiro atoms. The number of rotatable bonds is 4. The minimum absolute atomic E-state index is 0.162. The van der Waals surface area contributed by atoms with Crippen molar-refractivity contribution in [2.24, 2.45) is 22.7 Å². The van der Waals surface area contributed by atoms with E-state index in [4.69, 9.17) is 0 Å². The zero-order chi connectivity index (χ0) is 13.1. The Morgan fingerprint density at radius 1 is 0.875 bits per heavy atom. The molecule has 16 heavy (non-hydrogen) atoms. The predicted molar refractivity (Wildman–Crippen MR) is 71.5 cm³/mol. The second-order valence-corrected chi connectivity index (χ2v) is 7.78. The van der Waals surface area contributed by atoms with Crippen LogP contribution < -0.4 is 0 Å². The van der Waals surface area contributed by atoms with Crippen LogP contribution in [0.15, 0.2) is 0 Å². The van der Waals surface area contributed by atoms with Gasteiger partial charge < -0.3 is 0 Å². The Bertz CT molecular complexity index is 209. The molecule has 0 bridgehead atoms. The van der Waals surface area contributed by atoms with Crippen molar-refractivity contribution in [3.8, 4) is 0 Å². The summed E-state index contributed by atoms with van der Waals surface area (Å²) in [6, 6.07) is 0. The Hall–Kier alpha value is -0.330. The summed E-state index contributed by atoms with van der Waals surface area (Å²) in [7, 11) is 0. The van der Waals surface area contributed by atoms with E-state index in [-0.39, 0.29) is 22.7 Å². The molecule has 0 N–H and O–H groups in total. The highest BCUT2D eigenvalue weighted by atomic mass is 16.1. The molecule has 96 valence electrons. The lowest BCUT2D eigenvalue weighted by atomic mass is 9.73. The lowest BCUT2D eigenvalue weighted by Crippen LogP contribution is -2.28. The van der Waals surface area contributed by atoms with Crippen molar-refractivity contribution < 1.29 is 4.79 Å². The van der Waals surface area contributed by atoms with E-state index in [0.29, 0.717) is 5.78 Å². The maximum absolute atomic E-state index is 12.2. The smallest absolute Gasteiger partial charge is 0.138 e. The van der Waals surface area contributed by atoms with Gasteiger partial charge in [0.1, 0.15) is 5.78 Å². The van der Waals surface area contributed by atoms with Gasteiger partial charge in [-0.1, -0.05) is 55.4 Å². The number of carbonyl (C=O) groups is 1. The monoisotopic (exact) mass is 226 g/mol. The fourth-order valence-electron chi connectivity index (χ4n) is 2.22. The first kappa shape index (κ1) is 15.7. The average molecular weight is 226 g/mol. The topological polar surface area (TPSA) is 17.1 Å². The molecule has 0 amide bonds. The summed E-state index contributed by atoms with van der Waals surface area (Å²) in [6.07, 6.45) is 2.00. The van der Waals surface area contributed by atoms with E-state index in [0.717, 1.165) is 12.8 Å². The van der Waals surface area contributed by atoms with Crippen LogP contribution >= 0.6 is 0 Å². The van der Waals surface area contributed by atoms with Crippen LogP contribution in [0.25, 0.3) is 0 Å². The van der Waals surface area contributed by atoms with Crippen LogP contribution in [0.3, 0.4) is 0 Å². The third kappa shape index (κ3) is 7.03. The van der Waals surface area contributed by atoms with Crippen molar-refractivity contribution in [2.75, 3.05) is 0 Å². The number of Topliss-reactive ketones (excluding diaryl/α,β-unsaturated/α-hetero) is 1. The van der Waals surface area contributed by atoms with Crippen molar-refractivity contribution in [3.05, 3.63) is 0 Å². The lowest BCUT2D eigenvalue weighted by Gasteiger charge is -2.31.